The first-order chi connectivity index (χ1) is 9.84. The molecule has 21 heavy (non-hydrogen) atoms. The van der Waals surface area contributed by atoms with Crippen LogP contribution in [0.5, 0.6) is 0 Å². The maximum Gasteiger partial charge on any atom is 0.309 e. The smallest absolute Gasteiger partial charge is 0.309 e. The van der Waals surface area contributed by atoms with Crippen LogP contribution >= 0.6 is 11.6 Å². The number of rotatable bonds is 5. The number of ether oxygens (including phenoxy) is 1. The van der Waals surface area contributed by atoms with Crippen LogP contribution in [0.4, 0.5) is 0 Å². The van der Waals surface area contributed by atoms with Crippen LogP contribution in [0.1, 0.15) is 25.0 Å². The van der Waals surface area contributed by atoms with E-state index in [2.05, 4.69) is 0 Å². The molecule has 0 aromatic heterocycles. The average molecular weight is 332 g/mol. The standard InChI is InChI=1S/C13H14ClNO5S/c1-2-7-21(17,18)20-12-10(16)11(19-13(12)15)8-3-5-9(14)6-4-8/h3-6,11H,2,7,15H2,1H3/t11-/m0/s1. The molecule has 0 radical (unpaired) electrons. The number of hydrogen-bond donors (Lipinski definition) is 1. The number of hydrogen-bond acceptors (Lipinski definition) is 6. The van der Waals surface area contributed by atoms with Crippen molar-refractivity contribution in [1.82, 2.24) is 0 Å². The molecular formula is C13H14ClNO5S. The highest BCUT2D eigenvalue weighted by atomic mass is 35.5. The monoisotopic (exact) mass is 331 g/mol. The highest BCUT2D eigenvalue weighted by molar-refractivity contribution is 7.86. The van der Waals surface area contributed by atoms with Gasteiger partial charge in [-0.1, -0.05) is 30.7 Å². The average Bonchev–Trinajstić information content (AvgIpc) is 2.67. The highest BCUT2D eigenvalue weighted by Gasteiger charge is 2.39. The van der Waals surface area contributed by atoms with Crippen molar-refractivity contribution in [2.45, 2.75) is 19.4 Å². The second kappa shape index (κ2) is 5.95. The van der Waals surface area contributed by atoms with E-state index in [1.807, 2.05) is 0 Å². The predicted octanol–water partition coefficient (Wildman–Crippen LogP) is 1.86. The number of carbonyl (C=O) groups is 1. The van der Waals surface area contributed by atoms with Gasteiger partial charge >= 0.3 is 10.1 Å². The van der Waals surface area contributed by atoms with Gasteiger partial charge in [0.05, 0.1) is 5.75 Å². The summed E-state index contributed by atoms with van der Waals surface area (Å²) in [4.78, 5) is 12.2. The van der Waals surface area contributed by atoms with Gasteiger partial charge in [0.2, 0.25) is 17.4 Å². The van der Waals surface area contributed by atoms with Crippen molar-refractivity contribution in [3.63, 3.8) is 0 Å². The first-order valence-corrected chi connectivity index (χ1v) is 8.18. The fourth-order valence-corrected chi connectivity index (χ4v) is 2.96. The van der Waals surface area contributed by atoms with Crippen molar-refractivity contribution >= 4 is 27.5 Å². The van der Waals surface area contributed by atoms with Crippen LogP contribution in [0.2, 0.25) is 5.02 Å². The van der Waals surface area contributed by atoms with E-state index in [4.69, 9.17) is 26.3 Å². The number of halogens is 1. The maximum atomic E-state index is 12.2. The summed E-state index contributed by atoms with van der Waals surface area (Å²) in [7, 11) is -3.85. The molecule has 8 heteroatoms. The molecule has 0 unspecified atom stereocenters. The Kier molecular flexibility index (Phi) is 4.43. The van der Waals surface area contributed by atoms with Gasteiger partial charge < -0.3 is 14.7 Å². The molecule has 1 atom stereocenters. The topological polar surface area (TPSA) is 95.7 Å². The second-order valence-corrected chi connectivity index (χ2v) is 6.58. The molecule has 1 aliphatic heterocycles. The molecule has 0 amide bonds. The SMILES string of the molecule is CCCS(=O)(=O)OC1=C(N)O[C@@H](c2ccc(Cl)cc2)C1=O. The van der Waals surface area contributed by atoms with Gasteiger partial charge in [-0.2, -0.15) is 8.42 Å². The summed E-state index contributed by atoms with van der Waals surface area (Å²) in [5, 5.41) is 0.507. The van der Waals surface area contributed by atoms with Crippen LogP contribution in [-0.2, 0) is 23.8 Å². The molecule has 1 aromatic rings. The zero-order valence-corrected chi connectivity index (χ0v) is 12.8. The zero-order chi connectivity index (χ0) is 15.6. The fourth-order valence-electron chi connectivity index (χ4n) is 1.83. The van der Waals surface area contributed by atoms with Gasteiger partial charge in [-0.25, -0.2) is 0 Å². The lowest BCUT2D eigenvalue weighted by atomic mass is 10.1. The lowest BCUT2D eigenvalue weighted by Crippen LogP contribution is -2.16. The van der Waals surface area contributed by atoms with Gasteiger partial charge in [-0.3, -0.25) is 4.79 Å². The van der Waals surface area contributed by atoms with E-state index in [9.17, 15) is 13.2 Å². The Morgan fingerprint density at radius 2 is 1.95 bits per heavy atom. The Balaban J connectivity index is 2.21. The molecule has 1 aliphatic rings. The van der Waals surface area contributed by atoms with Crippen molar-refractivity contribution in [3.05, 3.63) is 46.5 Å². The molecule has 1 heterocycles. The van der Waals surface area contributed by atoms with E-state index in [-0.39, 0.29) is 11.6 Å². The lowest BCUT2D eigenvalue weighted by Gasteiger charge is -2.09. The Bertz CT molecular complexity index is 681. The van der Waals surface area contributed by atoms with E-state index in [0.29, 0.717) is 17.0 Å². The Labute approximate surface area is 127 Å². The molecule has 0 fully saturated rings. The predicted molar refractivity (Wildman–Crippen MR) is 76.7 cm³/mol. The Hall–Kier alpha value is -1.73. The van der Waals surface area contributed by atoms with Crippen molar-refractivity contribution in [1.29, 1.82) is 0 Å². The molecular weight excluding hydrogens is 318 g/mol. The molecule has 1 aromatic carbocycles. The Morgan fingerprint density at radius 1 is 1.33 bits per heavy atom. The molecule has 2 rings (SSSR count). The molecule has 0 saturated carbocycles. The summed E-state index contributed by atoms with van der Waals surface area (Å²) in [5.74, 6) is -1.64. The van der Waals surface area contributed by atoms with Crippen molar-refractivity contribution < 1.29 is 22.1 Å². The van der Waals surface area contributed by atoms with Crippen molar-refractivity contribution in [2.24, 2.45) is 5.73 Å². The zero-order valence-electron chi connectivity index (χ0n) is 11.2. The van der Waals surface area contributed by atoms with Gasteiger partial charge in [-0.15, -0.1) is 0 Å². The largest absolute Gasteiger partial charge is 0.460 e. The lowest BCUT2D eigenvalue weighted by molar-refractivity contribution is -0.123. The van der Waals surface area contributed by atoms with E-state index >= 15 is 0 Å². The van der Waals surface area contributed by atoms with Gasteiger partial charge in [0.15, 0.2) is 6.10 Å². The summed E-state index contributed by atoms with van der Waals surface area (Å²) in [6, 6.07) is 6.39. The van der Waals surface area contributed by atoms with Gasteiger partial charge in [0.1, 0.15) is 0 Å². The first-order valence-electron chi connectivity index (χ1n) is 6.22. The molecule has 0 aliphatic carbocycles. The van der Waals surface area contributed by atoms with E-state index in [1.54, 1.807) is 31.2 Å². The second-order valence-electron chi connectivity index (χ2n) is 4.45. The van der Waals surface area contributed by atoms with Gasteiger partial charge in [0, 0.05) is 10.6 Å². The van der Waals surface area contributed by atoms with Gasteiger partial charge in [0.25, 0.3) is 0 Å². The quantitative estimate of drug-likeness (QED) is 0.827. The first kappa shape index (κ1) is 15.7. The van der Waals surface area contributed by atoms with Crippen LogP contribution < -0.4 is 5.73 Å². The summed E-state index contributed by atoms with van der Waals surface area (Å²) in [6.45, 7) is 1.68. The van der Waals surface area contributed by atoms with Crippen LogP contribution in [0.3, 0.4) is 0 Å². The van der Waals surface area contributed by atoms with Crippen molar-refractivity contribution in [2.75, 3.05) is 5.75 Å². The molecule has 0 spiro atoms. The van der Waals surface area contributed by atoms with Crippen LogP contribution in [0.15, 0.2) is 35.9 Å². The molecule has 114 valence electrons. The van der Waals surface area contributed by atoms with E-state index in [1.165, 1.54) is 0 Å². The maximum absolute atomic E-state index is 12.2. The number of Topliss-reactive ketones (excluding diaryl/α,β-unsaturated/α-hetero) is 1. The third kappa shape index (κ3) is 3.48. The van der Waals surface area contributed by atoms with E-state index < -0.39 is 27.8 Å². The minimum atomic E-state index is -3.85. The molecule has 6 nitrogen and oxygen atoms in total. The van der Waals surface area contributed by atoms with Crippen LogP contribution in [0, 0.1) is 0 Å². The number of ketones is 1. The van der Waals surface area contributed by atoms with E-state index in [0.717, 1.165) is 0 Å². The third-order valence-corrected chi connectivity index (χ3v) is 4.35. The Morgan fingerprint density at radius 3 is 2.52 bits per heavy atom. The summed E-state index contributed by atoms with van der Waals surface area (Å²) in [6.07, 6.45) is -0.653. The molecule has 0 saturated heterocycles. The minimum Gasteiger partial charge on any atom is -0.460 e. The minimum absolute atomic E-state index is 0.206. The molecule has 0 bridgehead atoms. The van der Waals surface area contributed by atoms with Crippen LogP contribution in [0.25, 0.3) is 0 Å². The molecule has 2 N–H and O–H groups in total. The number of nitrogens with two attached hydrogens (primary N) is 1. The number of carbonyl (C=O) groups excluding carboxylic acids is 1. The van der Waals surface area contributed by atoms with Gasteiger partial charge in [-0.05, 0) is 18.6 Å². The summed E-state index contributed by atoms with van der Waals surface area (Å²) < 4.78 is 33.2. The highest BCUT2D eigenvalue weighted by Crippen LogP contribution is 2.32. The number of benzene rings is 1. The van der Waals surface area contributed by atoms with Crippen LogP contribution in [-0.4, -0.2) is 20.0 Å². The van der Waals surface area contributed by atoms with Crippen molar-refractivity contribution in [3.8, 4) is 0 Å². The summed E-state index contributed by atoms with van der Waals surface area (Å²) in [5.41, 5.74) is 6.06. The normalized spacial score (nSPS) is 18.8. The summed E-state index contributed by atoms with van der Waals surface area (Å²) >= 11 is 5.77. The third-order valence-electron chi connectivity index (χ3n) is 2.77. The fraction of sp³-hybridized carbons (Fsp3) is 0.308.